The molecule has 0 aromatic heterocycles. The van der Waals surface area contributed by atoms with Crippen molar-refractivity contribution in [2.24, 2.45) is 0 Å². The van der Waals surface area contributed by atoms with Crippen LogP contribution in [0, 0.1) is 17.7 Å². The molecule has 0 bridgehead atoms. The zero-order valence-corrected chi connectivity index (χ0v) is 12.8. The highest BCUT2D eigenvalue weighted by atomic mass is 19.1. The van der Waals surface area contributed by atoms with Gasteiger partial charge in [0, 0.05) is 22.8 Å². The lowest BCUT2D eigenvalue weighted by molar-refractivity contribution is -0.117. The van der Waals surface area contributed by atoms with Gasteiger partial charge in [0.15, 0.2) is 0 Å². The number of allylic oxidation sites excluding steroid dienone is 5. The Bertz CT molecular complexity index is 757. The number of carbonyl (C=O) groups is 1. The maximum Gasteiger partial charge on any atom is 0.247 e. The predicted molar refractivity (Wildman–Crippen MR) is 89.0 cm³/mol. The van der Waals surface area contributed by atoms with Gasteiger partial charge in [-0.2, -0.15) is 0 Å². The molecule has 2 nitrogen and oxygen atoms in total. The summed E-state index contributed by atoms with van der Waals surface area (Å²) in [7, 11) is 0. The summed E-state index contributed by atoms with van der Waals surface area (Å²) in [6.07, 6.45) is 11.4. The van der Waals surface area contributed by atoms with Crippen LogP contribution in [0.2, 0.25) is 0 Å². The first-order valence-corrected chi connectivity index (χ1v) is 7.86. The third-order valence-electron chi connectivity index (χ3n) is 3.72. The Balaban J connectivity index is 1.76. The summed E-state index contributed by atoms with van der Waals surface area (Å²) < 4.78 is 13.2. The second kappa shape index (κ2) is 7.11. The van der Waals surface area contributed by atoms with Crippen molar-refractivity contribution in [3.05, 3.63) is 71.1 Å². The fraction of sp³-hybridized carbons (Fsp3) is 0.250. The highest BCUT2D eigenvalue weighted by molar-refractivity contribution is 5.94. The number of nitrogens with one attached hydrogen (secondary N) is 1. The van der Waals surface area contributed by atoms with Gasteiger partial charge in [0.2, 0.25) is 5.91 Å². The van der Waals surface area contributed by atoms with E-state index in [1.54, 1.807) is 12.1 Å². The number of rotatable bonds is 2. The molecule has 0 radical (unpaired) electrons. The van der Waals surface area contributed by atoms with Crippen molar-refractivity contribution in [1.29, 1.82) is 0 Å². The van der Waals surface area contributed by atoms with E-state index >= 15 is 0 Å². The number of amides is 1. The van der Waals surface area contributed by atoms with E-state index in [0.717, 1.165) is 36.8 Å². The molecule has 0 atom stereocenters. The van der Waals surface area contributed by atoms with Gasteiger partial charge in [0.25, 0.3) is 0 Å². The largest absolute Gasteiger partial charge is 0.350 e. The molecule has 2 aliphatic carbocycles. The lowest BCUT2D eigenvalue weighted by Gasteiger charge is -2.07. The van der Waals surface area contributed by atoms with Crippen molar-refractivity contribution < 1.29 is 9.18 Å². The van der Waals surface area contributed by atoms with Gasteiger partial charge in [-0.15, -0.1) is 0 Å². The highest BCUT2D eigenvalue weighted by Crippen LogP contribution is 2.20. The summed E-state index contributed by atoms with van der Waals surface area (Å²) in [5.74, 6) is 5.71. The molecule has 23 heavy (non-hydrogen) atoms. The van der Waals surface area contributed by atoms with E-state index < -0.39 is 0 Å². The van der Waals surface area contributed by atoms with Gasteiger partial charge in [-0.1, -0.05) is 36.1 Å². The summed E-state index contributed by atoms with van der Waals surface area (Å²) in [6.45, 7) is 0. The quantitative estimate of drug-likeness (QED) is 0.830. The third-order valence-corrected chi connectivity index (χ3v) is 3.72. The number of hydrogen-bond donors (Lipinski definition) is 1. The van der Waals surface area contributed by atoms with Crippen LogP contribution in [0.3, 0.4) is 0 Å². The van der Waals surface area contributed by atoms with Gasteiger partial charge in [0.05, 0.1) is 0 Å². The van der Waals surface area contributed by atoms with E-state index in [9.17, 15) is 9.18 Å². The first-order chi connectivity index (χ1) is 11.2. The van der Waals surface area contributed by atoms with Crippen molar-refractivity contribution >= 4 is 5.91 Å². The molecule has 1 saturated carbocycles. The topological polar surface area (TPSA) is 29.1 Å². The molecule has 116 valence electrons. The number of hydrogen-bond acceptors (Lipinski definition) is 1. The average molecular weight is 307 g/mol. The molecule has 2 aliphatic rings. The van der Waals surface area contributed by atoms with Crippen LogP contribution in [0.15, 0.2) is 59.7 Å². The van der Waals surface area contributed by atoms with Crippen LogP contribution in [0.4, 0.5) is 4.39 Å². The zero-order valence-electron chi connectivity index (χ0n) is 12.8. The molecule has 0 spiro atoms. The Labute approximate surface area is 135 Å². The van der Waals surface area contributed by atoms with Crippen LogP contribution in [0.25, 0.3) is 0 Å². The van der Waals surface area contributed by atoms with Gasteiger partial charge < -0.3 is 5.32 Å². The van der Waals surface area contributed by atoms with E-state index in [1.807, 2.05) is 24.3 Å². The molecule has 0 unspecified atom stereocenters. The minimum absolute atomic E-state index is 0.0245. The van der Waals surface area contributed by atoms with Crippen LogP contribution >= 0.6 is 0 Å². The summed E-state index contributed by atoms with van der Waals surface area (Å²) >= 11 is 0. The lowest BCUT2D eigenvalue weighted by atomic mass is 10.0. The normalized spacial score (nSPS) is 17.1. The minimum Gasteiger partial charge on any atom is -0.350 e. The first-order valence-electron chi connectivity index (χ1n) is 7.86. The number of carbonyl (C=O) groups excluding carboxylic acids is 1. The van der Waals surface area contributed by atoms with E-state index in [1.165, 1.54) is 12.1 Å². The Morgan fingerprint density at radius 3 is 2.87 bits per heavy atom. The van der Waals surface area contributed by atoms with Crippen LogP contribution in [0.5, 0.6) is 0 Å². The summed E-state index contributed by atoms with van der Waals surface area (Å²) in [6, 6.07) is 6.58. The van der Waals surface area contributed by atoms with Gasteiger partial charge >= 0.3 is 0 Å². The van der Waals surface area contributed by atoms with Gasteiger partial charge in [-0.3, -0.25) is 4.79 Å². The second-order valence-corrected chi connectivity index (χ2v) is 5.76. The smallest absolute Gasteiger partial charge is 0.247 e. The highest BCUT2D eigenvalue weighted by Gasteiger charge is 2.24. The van der Waals surface area contributed by atoms with Gasteiger partial charge in [0.1, 0.15) is 5.82 Å². The van der Waals surface area contributed by atoms with Crippen molar-refractivity contribution in [3.8, 4) is 11.8 Å². The Morgan fingerprint density at radius 1 is 1.22 bits per heavy atom. The Hall–Kier alpha value is -2.60. The van der Waals surface area contributed by atoms with Gasteiger partial charge in [-0.25, -0.2) is 4.39 Å². The van der Waals surface area contributed by atoms with E-state index in [0.29, 0.717) is 11.6 Å². The SMILES string of the molecule is O=C(NC1CC1)C1=CC=C(C#Cc2cccc(F)c2)C=CCC1. The van der Waals surface area contributed by atoms with Crippen molar-refractivity contribution in [2.45, 2.75) is 31.7 Å². The molecule has 0 heterocycles. The molecule has 1 fully saturated rings. The fourth-order valence-electron chi connectivity index (χ4n) is 2.27. The molecule has 0 aliphatic heterocycles. The van der Waals surface area contributed by atoms with Crippen LogP contribution in [0.1, 0.15) is 31.2 Å². The van der Waals surface area contributed by atoms with E-state index in [4.69, 9.17) is 0 Å². The Kier molecular flexibility index (Phi) is 4.73. The standard InChI is InChI=1S/C20H18FNO/c21-18-7-3-5-16(14-18)9-8-15-4-1-2-6-17(11-10-15)20(23)22-19-12-13-19/h1,3-5,7,10-11,14,19H,2,6,12-13H2,(H,22,23). The Morgan fingerprint density at radius 2 is 2.09 bits per heavy atom. The summed E-state index contributed by atoms with van der Waals surface area (Å²) in [5, 5.41) is 3.01. The van der Waals surface area contributed by atoms with E-state index in [2.05, 4.69) is 17.2 Å². The first kappa shape index (κ1) is 15.3. The molecule has 3 rings (SSSR count). The number of halogens is 1. The summed E-state index contributed by atoms with van der Waals surface area (Å²) in [4.78, 5) is 12.1. The molecule has 1 aromatic rings. The maximum atomic E-state index is 13.2. The van der Waals surface area contributed by atoms with Crippen molar-refractivity contribution in [1.82, 2.24) is 5.32 Å². The zero-order chi connectivity index (χ0) is 16.1. The molecule has 0 saturated heterocycles. The van der Waals surface area contributed by atoms with Crippen molar-refractivity contribution in [3.63, 3.8) is 0 Å². The molecule has 1 N–H and O–H groups in total. The third kappa shape index (κ3) is 4.69. The van der Waals surface area contributed by atoms with E-state index in [-0.39, 0.29) is 11.7 Å². The molecule has 1 amide bonds. The van der Waals surface area contributed by atoms with Crippen LogP contribution in [-0.2, 0) is 4.79 Å². The minimum atomic E-state index is -0.294. The molecule has 3 heteroatoms. The lowest BCUT2D eigenvalue weighted by Crippen LogP contribution is -2.27. The maximum absolute atomic E-state index is 13.2. The predicted octanol–water partition coefficient (Wildman–Crippen LogP) is 3.66. The molecular formula is C20H18FNO. The van der Waals surface area contributed by atoms with Crippen molar-refractivity contribution in [2.75, 3.05) is 0 Å². The monoisotopic (exact) mass is 307 g/mol. The second-order valence-electron chi connectivity index (χ2n) is 5.76. The molecule has 1 aromatic carbocycles. The van der Waals surface area contributed by atoms with Gasteiger partial charge in [-0.05, 0) is 50.0 Å². The van der Waals surface area contributed by atoms with Crippen LogP contribution < -0.4 is 5.32 Å². The molecular weight excluding hydrogens is 289 g/mol. The average Bonchev–Trinajstić information content (AvgIpc) is 3.30. The summed E-state index contributed by atoms with van der Waals surface area (Å²) in [5.41, 5.74) is 2.23. The fourth-order valence-corrected chi connectivity index (χ4v) is 2.27. The van der Waals surface area contributed by atoms with Crippen LogP contribution in [-0.4, -0.2) is 11.9 Å². The number of benzene rings is 1.